The van der Waals surface area contributed by atoms with Crippen LogP contribution in [0.25, 0.3) is 0 Å². The number of aromatic nitrogens is 2. The molecule has 0 spiro atoms. The molecule has 0 fully saturated rings. The summed E-state index contributed by atoms with van der Waals surface area (Å²) in [6.07, 6.45) is 1.74. The van der Waals surface area contributed by atoms with Gasteiger partial charge in [-0.15, -0.1) is 0 Å². The molecule has 5 heteroatoms. The van der Waals surface area contributed by atoms with E-state index in [0.717, 1.165) is 0 Å². The summed E-state index contributed by atoms with van der Waals surface area (Å²) in [5.74, 6) is -0.424. The zero-order valence-electron chi connectivity index (χ0n) is 9.57. The fourth-order valence-corrected chi connectivity index (χ4v) is 1.31. The monoisotopic (exact) mass is 211 g/mol. The molecular formula is C10H17N3O2. The van der Waals surface area contributed by atoms with Gasteiger partial charge in [-0.1, -0.05) is 0 Å². The molecule has 1 heterocycles. The first-order chi connectivity index (χ1) is 6.86. The molecule has 0 aliphatic rings. The summed E-state index contributed by atoms with van der Waals surface area (Å²) < 4.78 is 6.47. The van der Waals surface area contributed by atoms with Crippen LogP contribution in [0.1, 0.15) is 36.8 Å². The first-order valence-corrected chi connectivity index (χ1v) is 4.86. The predicted molar refractivity (Wildman–Crippen MR) is 56.4 cm³/mol. The molecule has 1 aromatic heterocycles. The minimum absolute atomic E-state index is 0.298. The second-order valence-electron chi connectivity index (χ2n) is 4.01. The van der Waals surface area contributed by atoms with Crippen LogP contribution in [0.5, 0.6) is 0 Å². The molecule has 0 radical (unpaired) electrons. The quantitative estimate of drug-likeness (QED) is 0.750. The van der Waals surface area contributed by atoms with E-state index >= 15 is 0 Å². The third-order valence-electron chi connectivity index (χ3n) is 1.99. The van der Waals surface area contributed by atoms with Crippen molar-refractivity contribution in [3.8, 4) is 0 Å². The molecule has 0 saturated carbocycles. The Morgan fingerprint density at radius 1 is 1.67 bits per heavy atom. The molecule has 0 atom stereocenters. The summed E-state index contributed by atoms with van der Waals surface area (Å²) in [4.78, 5) is 11.6. The van der Waals surface area contributed by atoms with Gasteiger partial charge >= 0.3 is 5.97 Å². The Morgan fingerprint density at radius 2 is 2.27 bits per heavy atom. The molecule has 0 aromatic carbocycles. The van der Waals surface area contributed by atoms with Crippen molar-refractivity contribution in [2.24, 2.45) is 12.8 Å². The van der Waals surface area contributed by atoms with Crippen molar-refractivity contribution in [2.45, 2.75) is 26.3 Å². The maximum Gasteiger partial charge on any atom is 0.359 e. The highest BCUT2D eigenvalue weighted by molar-refractivity contribution is 5.89. The Kier molecular flexibility index (Phi) is 3.14. The smallest absolute Gasteiger partial charge is 0.359 e. The normalized spacial score (nSPS) is 11.5. The SMILES string of the molecule is CCOC(=O)c1nn(C)cc1C(C)(C)N. The second kappa shape index (κ2) is 4.02. The summed E-state index contributed by atoms with van der Waals surface area (Å²) in [7, 11) is 1.75. The van der Waals surface area contributed by atoms with E-state index in [1.807, 2.05) is 13.8 Å². The molecule has 84 valence electrons. The number of carbonyl (C=O) groups is 1. The van der Waals surface area contributed by atoms with E-state index in [4.69, 9.17) is 10.5 Å². The second-order valence-corrected chi connectivity index (χ2v) is 4.01. The van der Waals surface area contributed by atoms with Gasteiger partial charge in [0.25, 0.3) is 0 Å². The summed E-state index contributed by atoms with van der Waals surface area (Å²) in [6.45, 7) is 5.74. The number of hydrogen-bond donors (Lipinski definition) is 1. The molecular weight excluding hydrogens is 194 g/mol. The molecule has 0 aliphatic carbocycles. The van der Waals surface area contributed by atoms with Crippen LogP contribution < -0.4 is 5.73 Å². The number of nitrogens with two attached hydrogens (primary N) is 1. The topological polar surface area (TPSA) is 70.1 Å². The minimum Gasteiger partial charge on any atom is -0.461 e. The van der Waals surface area contributed by atoms with E-state index in [9.17, 15) is 4.79 Å². The first kappa shape index (κ1) is 11.7. The fourth-order valence-electron chi connectivity index (χ4n) is 1.31. The highest BCUT2D eigenvalue weighted by Crippen LogP contribution is 2.20. The Morgan fingerprint density at radius 3 is 2.73 bits per heavy atom. The van der Waals surface area contributed by atoms with Crippen LogP contribution in [0, 0.1) is 0 Å². The van der Waals surface area contributed by atoms with Gasteiger partial charge in [0.15, 0.2) is 5.69 Å². The van der Waals surface area contributed by atoms with Gasteiger partial charge in [0.2, 0.25) is 0 Å². The molecule has 0 bridgehead atoms. The average molecular weight is 211 g/mol. The number of aryl methyl sites for hydroxylation is 1. The number of carbonyl (C=O) groups excluding carboxylic acids is 1. The molecule has 0 aliphatic heterocycles. The highest BCUT2D eigenvalue weighted by atomic mass is 16.5. The van der Waals surface area contributed by atoms with Crippen molar-refractivity contribution in [1.29, 1.82) is 0 Å². The summed E-state index contributed by atoms with van der Waals surface area (Å²) in [5.41, 5.74) is 6.34. The van der Waals surface area contributed by atoms with Crippen LogP contribution in [0.15, 0.2) is 6.20 Å². The number of esters is 1. The summed E-state index contributed by atoms with van der Waals surface area (Å²) in [5, 5.41) is 4.06. The maximum atomic E-state index is 11.6. The lowest BCUT2D eigenvalue weighted by Gasteiger charge is -2.17. The number of ether oxygens (including phenoxy) is 1. The van der Waals surface area contributed by atoms with Crippen molar-refractivity contribution in [1.82, 2.24) is 9.78 Å². The minimum atomic E-state index is -0.601. The predicted octanol–water partition coefficient (Wildman–Crippen LogP) is 0.791. The fraction of sp³-hybridized carbons (Fsp3) is 0.600. The lowest BCUT2D eigenvalue weighted by Crippen LogP contribution is -2.30. The Balaban J connectivity index is 3.12. The van der Waals surface area contributed by atoms with Crippen LogP contribution in [0.4, 0.5) is 0 Å². The van der Waals surface area contributed by atoms with Gasteiger partial charge in [0.05, 0.1) is 6.61 Å². The Labute approximate surface area is 89.2 Å². The van der Waals surface area contributed by atoms with Gasteiger partial charge < -0.3 is 10.5 Å². The number of rotatable bonds is 3. The van der Waals surface area contributed by atoms with E-state index in [1.165, 1.54) is 0 Å². The van der Waals surface area contributed by atoms with Gasteiger partial charge in [0, 0.05) is 24.3 Å². The van der Waals surface area contributed by atoms with Crippen molar-refractivity contribution in [3.05, 3.63) is 17.5 Å². The number of hydrogen-bond acceptors (Lipinski definition) is 4. The molecule has 1 aromatic rings. The van der Waals surface area contributed by atoms with Crippen LogP contribution in [-0.4, -0.2) is 22.4 Å². The van der Waals surface area contributed by atoms with Crippen LogP contribution in [0.3, 0.4) is 0 Å². The van der Waals surface area contributed by atoms with E-state index in [0.29, 0.717) is 17.9 Å². The highest BCUT2D eigenvalue weighted by Gasteiger charge is 2.26. The Hall–Kier alpha value is -1.36. The van der Waals surface area contributed by atoms with Crippen molar-refractivity contribution >= 4 is 5.97 Å². The zero-order valence-corrected chi connectivity index (χ0v) is 9.57. The van der Waals surface area contributed by atoms with E-state index < -0.39 is 11.5 Å². The molecule has 1 rings (SSSR count). The molecule has 2 N–H and O–H groups in total. The van der Waals surface area contributed by atoms with Crippen molar-refractivity contribution < 1.29 is 9.53 Å². The Bertz CT molecular complexity index is 363. The third kappa shape index (κ3) is 2.56. The van der Waals surface area contributed by atoms with Crippen LogP contribution >= 0.6 is 0 Å². The first-order valence-electron chi connectivity index (χ1n) is 4.86. The lowest BCUT2D eigenvalue weighted by molar-refractivity contribution is 0.0515. The number of nitrogens with zero attached hydrogens (tertiary/aromatic N) is 2. The van der Waals surface area contributed by atoms with Crippen LogP contribution in [0.2, 0.25) is 0 Å². The summed E-state index contributed by atoms with van der Waals surface area (Å²) in [6, 6.07) is 0. The largest absolute Gasteiger partial charge is 0.461 e. The molecule has 0 unspecified atom stereocenters. The van der Waals surface area contributed by atoms with Crippen molar-refractivity contribution in [3.63, 3.8) is 0 Å². The van der Waals surface area contributed by atoms with E-state index in [-0.39, 0.29) is 0 Å². The van der Waals surface area contributed by atoms with Gasteiger partial charge in [-0.3, -0.25) is 4.68 Å². The van der Waals surface area contributed by atoms with Crippen molar-refractivity contribution in [2.75, 3.05) is 6.61 Å². The molecule has 15 heavy (non-hydrogen) atoms. The molecule has 0 amide bonds. The molecule has 5 nitrogen and oxygen atoms in total. The standard InChI is InChI=1S/C10H17N3O2/c1-5-15-9(14)8-7(10(2,3)11)6-13(4)12-8/h6H,5,11H2,1-4H3. The zero-order chi connectivity index (χ0) is 11.6. The third-order valence-corrected chi connectivity index (χ3v) is 1.99. The maximum absolute atomic E-state index is 11.6. The average Bonchev–Trinajstić information content (AvgIpc) is 2.47. The lowest BCUT2D eigenvalue weighted by atomic mass is 9.96. The van der Waals surface area contributed by atoms with Gasteiger partial charge in [-0.2, -0.15) is 5.10 Å². The van der Waals surface area contributed by atoms with Crippen LogP contribution in [-0.2, 0) is 17.3 Å². The molecule has 0 saturated heterocycles. The van der Waals surface area contributed by atoms with E-state index in [2.05, 4.69) is 5.10 Å². The van der Waals surface area contributed by atoms with Gasteiger partial charge in [-0.25, -0.2) is 4.79 Å². The van der Waals surface area contributed by atoms with Gasteiger partial charge in [0.1, 0.15) is 0 Å². The van der Waals surface area contributed by atoms with E-state index in [1.54, 1.807) is 24.9 Å². The summed E-state index contributed by atoms with van der Waals surface area (Å²) >= 11 is 0. The van der Waals surface area contributed by atoms with Gasteiger partial charge in [-0.05, 0) is 20.8 Å².